The summed E-state index contributed by atoms with van der Waals surface area (Å²) in [6, 6.07) is 0. The Kier molecular flexibility index (Phi) is 1.56. The molecule has 1 aliphatic heterocycles. The highest BCUT2D eigenvalue weighted by Gasteiger charge is 2.51. The SMILES string of the molecule is CCC1(C2CC2C)CN=C(N)N1. The summed E-state index contributed by atoms with van der Waals surface area (Å²) in [5.41, 5.74) is 5.85. The Morgan fingerprint density at radius 1 is 1.75 bits per heavy atom. The topological polar surface area (TPSA) is 50.4 Å². The molecule has 3 unspecified atom stereocenters. The standard InChI is InChI=1S/C9H17N3/c1-3-9(7-4-6(7)2)5-11-8(10)12-9/h6-7H,3-5H2,1-2H3,(H3,10,11,12). The van der Waals surface area contributed by atoms with Crippen LogP contribution in [0.25, 0.3) is 0 Å². The van der Waals surface area contributed by atoms with Crippen molar-refractivity contribution in [2.24, 2.45) is 22.6 Å². The van der Waals surface area contributed by atoms with Crippen LogP contribution >= 0.6 is 0 Å². The van der Waals surface area contributed by atoms with E-state index in [-0.39, 0.29) is 5.54 Å². The average Bonchev–Trinajstić information content (AvgIpc) is 2.64. The fraction of sp³-hybridized carbons (Fsp3) is 0.889. The zero-order valence-electron chi connectivity index (χ0n) is 7.80. The minimum atomic E-state index is 0.212. The first-order chi connectivity index (χ1) is 5.68. The number of aliphatic imine (C=N–C) groups is 1. The van der Waals surface area contributed by atoms with E-state index >= 15 is 0 Å². The third kappa shape index (κ3) is 0.993. The molecule has 0 aromatic carbocycles. The predicted octanol–water partition coefficient (Wildman–Crippen LogP) is 0.709. The van der Waals surface area contributed by atoms with Crippen LogP contribution in [-0.4, -0.2) is 18.0 Å². The third-order valence-electron chi connectivity index (χ3n) is 3.36. The Morgan fingerprint density at radius 3 is 2.75 bits per heavy atom. The van der Waals surface area contributed by atoms with Gasteiger partial charge in [-0.2, -0.15) is 0 Å². The Balaban J connectivity index is 2.08. The van der Waals surface area contributed by atoms with Crippen molar-refractivity contribution in [3.05, 3.63) is 0 Å². The van der Waals surface area contributed by atoms with Crippen molar-refractivity contribution in [3.63, 3.8) is 0 Å². The molecule has 2 aliphatic rings. The van der Waals surface area contributed by atoms with E-state index in [0.29, 0.717) is 5.96 Å². The van der Waals surface area contributed by atoms with Crippen molar-refractivity contribution >= 4 is 5.96 Å². The Labute approximate surface area is 73.4 Å². The lowest BCUT2D eigenvalue weighted by atomic mass is 9.90. The molecule has 0 aromatic heterocycles. The minimum Gasteiger partial charge on any atom is -0.370 e. The average molecular weight is 167 g/mol. The molecule has 0 radical (unpaired) electrons. The molecule has 0 saturated heterocycles. The van der Waals surface area contributed by atoms with Crippen molar-refractivity contribution in [1.29, 1.82) is 0 Å². The normalized spacial score (nSPS) is 45.3. The molecule has 1 aliphatic carbocycles. The molecule has 1 heterocycles. The van der Waals surface area contributed by atoms with Gasteiger partial charge in [-0.25, -0.2) is 0 Å². The van der Waals surface area contributed by atoms with Crippen molar-refractivity contribution in [2.75, 3.05) is 6.54 Å². The number of rotatable bonds is 2. The number of hydrogen-bond acceptors (Lipinski definition) is 3. The van der Waals surface area contributed by atoms with Crippen LogP contribution in [0.2, 0.25) is 0 Å². The van der Waals surface area contributed by atoms with Gasteiger partial charge in [-0.3, -0.25) is 4.99 Å². The van der Waals surface area contributed by atoms with Crippen molar-refractivity contribution in [2.45, 2.75) is 32.2 Å². The lowest BCUT2D eigenvalue weighted by Gasteiger charge is -2.28. The largest absolute Gasteiger partial charge is 0.370 e. The molecular formula is C9H17N3. The zero-order valence-corrected chi connectivity index (χ0v) is 7.80. The fourth-order valence-electron chi connectivity index (χ4n) is 2.32. The minimum absolute atomic E-state index is 0.212. The van der Waals surface area contributed by atoms with Gasteiger partial charge in [0.05, 0.1) is 12.1 Å². The molecule has 3 atom stereocenters. The first kappa shape index (κ1) is 7.90. The van der Waals surface area contributed by atoms with Crippen LogP contribution in [0.5, 0.6) is 0 Å². The molecular weight excluding hydrogens is 150 g/mol. The highest BCUT2D eigenvalue weighted by Crippen LogP contribution is 2.48. The van der Waals surface area contributed by atoms with Gasteiger partial charge in [0, 0.05) is 0 Å². The van der Waals surface area contributed by atoms with Crippen LogP contribution in [0.1, 0.15) is 26.7 Å². The Hall–Kier alpha value is -0.730. The van der Waals surface area contributed by atoms with Gasteiger partial charge in [-0.1, -0.05) is 13.8 Å². The van der Waals surface area contributed by atoms with Crippen LogP contribution in [0, 0.1) is 11.8 Å². The second-order valence-corrected chi connectivity index (χ2v) is 4.16. The quantitative estimate of drug-likeness (QED) is 0.636. The Bertz CT molecular complexity index is 224. The maximum absolute atomic E-state index is 5.64. The first-order valence-corrected chi connectivity index (χ1v) is 4.76. The van der Waals surface area contributed by atoms with E-state index < -0.39 is 0 Å². The molecule has 1 fully saturated rings. The lowest BCUT2D eigenvalue weighted by molar-refractivity contribution is 0.333. The predicted molar refractivity (Wildman–Crippen MR) is 49.9 cm³/mol. The van der Waals surface area contributed by atoms with E-state index in [0.717, 1.165) is 24.8 Å². The van der Waals surface area contributed by atoms with Gasteiger partial charge >= 0.3 is 0 Å². The summed E-state index contributed by atoms with van der Waals surface area (Å²) in [7, 11) is 0. The molecule has 0 aromatic rings. The number of guanidine groups is 1. The molecule has 0 spiro atoms. The summed E-state index contributed by atoms with van der Waals surface area (Å²) in [6.07, 6.45) is 2.47. The van der Waals surface area contributed by atoms with Gasteiger partial charge in [-0.05, 0) is 24.7 Å². The van der Waals surface area contributed by atoms with E-state index in [2.05, 4.69) is 24.2 Å². The van der Waals surface area contributed by atoms with Gasteiger partial charge in [-0.15, -0.1) is 0 Å². The van der Waals surface area contributed by atoms with Gasteiger partial charge in [0.15, 0.2) is 5.96 Å². The smallest absolute Gasteiger partial charge is 0.189 e. The summed E-state index contributed by atoms with van der Waals surface area (Å²) in [4.78, 5) is 4.24. The van der Waals surface area contributed by atoms with Crippen LogP contribution in [0.15, 0.2) is 4.99 Å². The van der Waals surface area contributed by atoms with Crippen LogP contribution in [-0.2, 0) is 0 Å². The van der Waals surface area contributed by atoms with Gasteiger partial charge in [0.1, 0.15) is 0 Å². The van der Waals surface area contributed by atoms with Crippen molar-refractivity contribution in [3.8, 4) is 0 Å². The van der Waals surface area contributed by atoms with E-state index in [1.807, 2.05) is 0 Å². The van der Waals surface area contributed by atoms with Crippen LogP contribution < -0.4 is 11.1 Å². The molecule has 68 valence electrons. The summed E-state index contributed by atoms with van der Waals surface area (Å²) in [6.45, 7) is 5.40. The first-order valence-electron chi connectivity index (χ1n) is 4.76. The second-order valence-electron chi connectivity index (χ2n) is 4.16. The molecule has 2 rings (SSSR count). The summed E-state index contributed by atoms with van der Waals surface area (Å²) in [5, 5.41) is 3.34. The van der Waals surface area contributed by atoms with Crippen molar-refractivity contribution in [1.82, 2.24) is 5.32 Å². The number of nitrogens with two attached hydrogens (primary N) is 1. The van der Waals surface area contributed by atoms with E-state index in [9.17, 15) is 0 Å². The van der Waals surface area contributed by atoms with Crippen molar-refractivity contribution < 1.29 is 0 Å². The molecule has 0 bridgehead atoms. The van der Waals surface area contributed by atoms with Gasteiger partial charge in [0.2, 0.25) is 0 Å². The molecule has 0 amide bonds. The maximum Gasteiger partial charge on any atom is 0.189 e. The zero-order chi connectivity index (χ0) is 8.77. The Morgan fingerprint density at radius 2 is 2.42 bits per heavy atom. The van der Waals surface area contributed by atoms with Gasteiger partial charge < -0.3 is 11.1 Å². The number of hydrogen-bond donors (Lipinski definition) is 2. The van der Waals surface area contributed by atoms with Crippen LogP contribution in [0.3, 0.4) is 0 Å². The molecule has 12 heavy (non-hydrogen) atoms. The summed E-state index contributed by atoms with van der Waals surface area (Å²) in [5.74, 6) is 2.29. The number of nitrogens with one attached hydrogen (secondary N) is 1. The highest BCUT2D eigenvalue weighted by molar-refractivity contribution is 5.80. The third-order valence-corrected chi connectivity index (χ3v) is 3.36. The maximum atomic E-state index is 5.64. The molecule has 3 heteroatoms. The molecule has 1 saturated carbocycles. The van der Waals surface area contributed by atoms with Crippen LogP contribution in [0.4, 0.5) is 0 Å². The monoisotopic (exact) mass is 167 g/mol. The van der Waals surface area contributed by atoms with E-state index in [1.54, 1.807) is 0 Å². The van der Waals surface area contributed by atoms with E-state index in [4.69, 9.17) is 5.73 Å². The number of nitrogens with zero attached hydrogens (tertiary/aromatic N) is 1. The highest BCUT2D eigenvalue weighted by atomic mass is 15.2. The van der Waals surface area contributed by atoms with Gasteiger partial charge in [0.25, 0.3) is 0 Å². The fourth-order valence-corrected chi connectivity index (χ4v) is 2.32. The molecule has 3 N–H and O–H groups in total. The summed E-state index contributed by atoms with van der Waals surface area (Å²) < 4.78 is 0. The molecule has 3 nitrogen and oxygen atoms in total. The lowest BCUT2D eigenvalue weighted by Crippen LogP contribution is -2.49. The van der Waals surface area contributed by atoms with E-state index in [1.165, 1.54) is 6.42 Å². The second kappa shape index (κ2) is 2.38. The summed E-state index contributed by atoms with van der Waals surface area (Å²) >= 11 is 0.